The van der Waals surface area contributed by atoms with Crippen molar-refractivity contribution < 1.29 is 4.42 Å². The highest BCUT2D eigenvalue weighted by atomic mass is 32.1. The lowest BCUT2D eigenvalue weighted by atomic mass is 9.92. The smallest absolute Gasteiger partial charge is 0.164 e. The number of thiophene rings is 1. The molecule has 0 aliphatic carbocycles. The molecule has 0 bridgehead atoms. The van der Waals surface area contributed by atoms with Crippen molar-refractivity contribution in [3.05, 3.63) is 212 Å². The van der Waals surface area contributed by atoms with Crippen LogP contribution in [0.1, 0.15) is 0 Å². The third kappa shape index (κ3) is 6.26. The molecule has 0 N–H and O–H groups in total. The first-order valence-electron chi connectivity index (χ1n) is 20.8. The van der Waals surface area contributed by atoms with Gasteiger partial charge in [-0.2, -0.15) is 0 Å². The first-order valence-corrected chi connectivity index (χ1v) is 21.6. The fourth-order valence-electron chi connectivity index (χ4n) is 8.78. The average molecular weight is 810 g/mol. The van der Waals surface area contributed by atoms with E-state index >= 15 is 0 Å². The first kappa shape index (κ1) is 35.9. The Kier molecular flexibility index (Phi) is 8.65. The van der Waals surface area contributed by atoms with Gasteiger partial charge in [0.2, 0.25) is 0 Å². The van der Waals surface area contributed by atoms with E-state index in [1.54, 1.807) is 0 Å². The zero-order chi connectivity index (χ0) is 41.0. The highest BCUT2D eigenvalue weighted by Gasteiger charge is 2.21. The van der Waals surface area contributed by atoms with E-state index in [9.17, 15) is 0 Å². The molecule has 0 fully saturated rings. The van der Waals surface area contributed by atoms with E-state index in [0.717, 1.165) is 77.6 Å². The van der Waals surface area contributed by atoms with Gasteiger partial charge in [0, 0.05) is 47.6 Å². The molecule has 3 heterocycles. The minimum atomic E-state index is 0.577. The second-order valence-corrected chi connectivity index (χ2v) is 16.6. The molecule has 0 saturated carbocycles. The molecule has 290 valence electrons. The molecule has 3 aromatic heterocycles. The Labute approximate surface area is 362 Å². The van der Waals surface area contributed by atoms with Crippen LogP contribution in [-0.2, 0) is 0 Å². The average Bonchev–Trinajstić information content (AvgIpc) is 3.93. The van der Waals surface area contributed by atoms with Gasteiger partial charge < -0.3 is 4.42 Å². The van der Waals surface area contributed by atoms with Gasteiger partial charge >= 0.3 is 0 Å². The third-order valence-electron chi connectivity index (χ3n) is 11.8. The summed E-state index contributed by atoms with van der Waals surface area (Å²) < 4.78 is 9.08. The second-order valence-electron chi connectivity index (χ2n) is 15.5. The molecular formula is C57H35N3OS. The van der Waals surface area contributed by atoms with Gasteiger partial charge in [0.1, 0.15) is 11.2 Å². The predicted octanol–water partition coefficient (Wildman–Crippen LogP) is 15.8. The SMILES string of the molecule is c1ccc(-c2ccc(-c3cccc(-c4cccc5c4sc4ccccc45)c3)c(-c3nc(-c4ccccc4)nc(-c4cccc5oc6ccc(-c7ccccc7)cc6c45)n3)c2)cc1. The number of benzene rings is 9. The van der Waals surface area contributed by atoms with Gasteiger partial charge in [0.05, 0.1) is 0 Å². The van der Waals surface area contributed by atoms with E-state index in [4.69, 9.17) is 19.4 Å². The number of hydrogen-bond acceptors (Lipinski definition) is 5. The van der Waals surface area contributed by atoms with Crippen LogP contribution in [-0.4, -0.2) is 15.0 Å². The highest BCUT2D eigenvalue weighted by Crippen LogP contribution is 2.43. The maximum Gasteiger partial charge on any atom is 0.164 e. The molecule has 0 spiro atoms. The van der Waals surface area contributed by atoms with Gasteiger partial charge in [0.15, 0.2) is 17.5 Å². The third-order valence-corrected chi connectivity index (χ3v) is 13.0. The number of aromatic nitrogens is 3. The predicted molar refractivity (Wildman–Crippen MR) is 258 cm³/mol. The highest BCUT2D eigenvalue weighted by molar-refractivity contribution is 7.26. The van der Waals surface area contributed by atoms with E-state index in [-0.39, 0.29) is 0 Å². The summed E-state index contributed by atoms with van der Waals surface area (Å²) in [7, 11) is 0. The van der Waals surface area contributed by atoms with E-state index in [0.29, 0.717) is 17.5 Å². The first-order chi connectivity index (χ1) is 30.7. The standard InChI is InChI=1S/C57H35N3OS/c1-4-15-36(16-5-1)39-29-31-43(41-21-12-22-42(33-41)44-24-13-25-46-45-23-10-11-28-52(45)62-54(44)46)48(34-39)57-59-55(38-19-8-3-9-20-38)58-56(60-57)47-26-14-27-51-53(47)49-35-40(30-32-50(49)61-51)37-17-6-2-7-18-37/h1-35H. The summed E-state index contributed by atoms with van der Waals surface area (Å²) in [5.74, 6) is 1.77. The van der Waals surface area contributed by atoms with Crippen LogP contribution in [0.2, 0.25) is 0 Å². The van der Waals surface area contributed by atoms with Crippen molar-refractivity contribution >= 4 is 53.4 Å². The maximum atomic E-state index is 6.50. The van der Waals surface area contributed by atoms with Crippen LogP contribution in [0.4, 0.5) is 0 Å². The second kappa shape index (κ2) is 14.9. The zero-order valence-electron chi connectivity index (χ0n) is 33.4. The monoisotopic (exact) mass is 809 g/mol. The van der Waals surface area contributed by atoms with Gasteiger partial charge in [-0.3, -0.25) is 0 Å². The molecular weight excluding hydrogens is 775 g/mol. The summed E-state index contributed by atoms with van der Waals surface area (Å²) >= 11 is 1.85. The van der Waals surface area contributed by atoms with Crippen molar-refractivity contribution in [1.29, 1.82) is 0 Å². The van der Waals surface area contributed by atoms with Gasteiger partial charge in [-0.05, 0) is 80.9 Å². The Morgan fingerprint density at radius 1 is 0.306 bits per heavy atom. The summed E-state index contributed by atoms with van der Waals surface area (Å²) in [5, 5.41) is 4.55. The van der Waals surface area contributed by atoms with Crippen molar-refractivity contribution in [3.63, 3.8) is 0 Å². The largest absolute Gasteiger partial charge is 0.456 e. The van der Waals surface area contributed by atoms with Crippen molar-refractivity contribution in [2.24, 2.45) is 0 Å². The number of fused-ring (bicyclic) bond motifs is 6. The van der Waals surface area contributed by atoms with Gasteiger partial charge in [-0.25, -0.2) is 15.0 Å². The normalized spacial score (nSPS) is 11.5. The van der Waals surface area contributed by atoms with Gasteiger partial charge in [0.25, 0.3) is 0 Å². The van der Waals surface area contributed by atoms with E-state index in [2.05, 4.69) is 176 Å². The molecule has 0 radical (unpaired) electrons. The Morgan fingerprint density at radius 2 is 0.871 bits per heavy atom. The molecule has 9 aromatic carbocycles. The van der Waals surface area contributed by atoms with Crippen LogP contribution in [0, 0.1) is 0 Å². The van der Waals surface area contributed by atoms with Crippen molar-refractivity contribution in [2.45, 2.75) is 0 Å². The van der Waals surface area contributed by atoms with Crippen LogP contribution >= 0.6 is 11.3 Å². The van der Waals surface area contributed by atoms with Crippen LogP contribution in [0.3, 0.4) is 0 Å². The van der Waals surface area contributed by atoms with E-state index < -0.39 is 0 Å². The van der Waals surface area contributed by atoms with E-state index in [1.807, 2.05) is 47.7 Å². The molecule has 62 heavy (non-hydrogen) atoms. The Balaban J connectivity index is 1.08. The fraction of sp³-hybridized carbons (Fsp3) is 0. The topological polar surface area (TPSA) is 51.8 Å². The maximum absolute atomic E-state index is 6.50. The summed E-state index contributed by atoms with van der Waals surface area (Å²) in [6.07, 6.45) is 0. The van der Waals surface area contributed by atoms with Crippen LogP contribution < -0.4 is 0 Å². The lowest BCUT2D eigenvalue weighted by Crippen LogP contribution is -2.01. The number of hydrogen-bond donors (Lipinski definition) is 0. The number of rotatable bonds is 7. The molecule has 12 aromatic rings. The minimum absolute atomic E-state index is 0.577. The van der Waals surface area contributed by atoms with Gasteiger partial charge in [-0.1, -0.05) is 176 Å². The lowest BCUT2D eigenvalue weighted by Gasteiger charge is -2.15. The molecule has 4 nitrogen and oxygen atoms in total. The van der Waals surface area contributed by atoms with Crippen molar-refractivity contribution in [1.82, 2.24) is 15.0 Å². The lowest BCUT2D eigenvalue weighted by molar-refractivity contribution is 0.669. The Bertz CT molecular complexity index is 3630. The molecule has 0 amide bonds. The van der Waals surface area contributed by atoms with Crippen LogP contribution in [0.15, 0.2) is 217 Å². The molecule has 0 saturated heterocycles. The summed E-state index contributed by atoms with van der Waals surface area (Å²) in [6.45, 7) is 0. The van der Waals surface area contributed by atoms with Crippen LogP contribution in [0.25, 0.3) is 121 Å². The summed E-state index contributed by atoms with van der Waals surface area (Å²) in [6, 6.07) is 74.5. The molecule has 0 unspecified atom stereocenters. The fourth-order valence-corrected chi connectivity index (χ4v) is 10.0. The Hall–Kier alpha value is -7.99. The molecule has 5 heteroatoms. The van der Waals surface area contributed by atoms with E-state index in [1.165, 1.54) is 25.7 Å². The zero-order valence-corrected chi connectivity index (χ0v) is 34.2. The van der Waals surface area contributed by atoms with Crippen LogP contribution in [0.5, 0.6) is 0 Å². The molecule has 0 aliphatic heterocycles. The number of nitrogens with zero attached hydrogens (tertiary/aromatic N) is 3. The number of furan rings is 1. The summed E-state index contributed by atoms with van der Waals surface area (Å²) in [4.78, 5) is 16.0. The quantitative estimate of drug-likeness (QED) is 0.161. The summed E-state index contributed by atoms with van der Waals surface area (Å²) in [5.41, 5.74) is 13.2. The Morgan fingerprint density at radius 3 is 1.65 bits per heavy atom. The minimum Gasteiger partial charge on any atom is -0.456 e. The van der Waals surface area contributed by atoms with Crippen molar-refractivity contribution in [3.8, 4) is 78.7 Å². The molecule has 0 aliphatic rings. The molecule has 0 atom stereocenters. The van der Waals surface area contributed by atoms with Crippen molar-refractivity contribution in [2.75, 3.05) is 0 Å². The van der Waals surface area contributed by atoms with Gasteiger partial charge in [-0.15, -0.1) is 11.3 Å². The molecule has 12 rings (SSSR count).